The molecule has 0 saturated carbocycles. The first kappa shape index (κ1) is 23.4. The van der Waals surface area contributed by atoms with Crippen LogP contribution in [-0.2, 0) is 11.3 Å². The molecule has 0 spiro atoms. The Morgan fingerprint density at radius 2 is 1.45 bits per heavy atom. The maximum atomic E-state index is 13.2. The van der Waals surface area contributed by atoms with Crippen LogP contribution in [-0.4, -0.2) is 33.1 Å². The SMILES string of the molecule is COc1ccc(/C(=C\c2ccc(OC)c(OC)c2)C(=O)NCc2ccc(C(N)=O)cc2)cc1. The average molecular weight is 447 g/mol. The van der Waals surface area contributed by atoms with Gasteiger partial charge >= 0.3 is 0 Å². The van der Waals surface area contributed by atoms with Crippen LogP contribution in [0.15, 0.2) is 66.7 Å². The number of carbonyl (C=O) groups excluding carboxylic acids is 2. The number of nitrogens with two attached hydrogens (primary N) is 1. The number of hydrogen-bond acceptors (Lipinski definition) is 5. The summed E-state index contributed by atoms with van der Waals surface area (Å²) in [5.74, 6) is 1.11. The highest BCUT2D eigenvalue weighted by Gasteiger charge is 2.14. The van der Waals surface area contributed by atoms with E-state index >= 15 is 0 Å². The summed E-state index contributed by atoms with van der Waals surface area (Å²) in [4.78, 5) is 24.4. The molecule has 0 heterocycles. The molecule has 3 N–H and O–H groups in total. The maximum absolute atomic E-state index is 13.2. The zero-order chi connectivity index (χ0) is 23.8. The summed E-state index contributed by atoms with van der Waals surface area (Å²) >= 11 is 0. The molecular formula is C26H26N2O5. The van der Waals surface area contributed by atoms with Crippen molar-refractivity contribution in [2.45, 2.75) is 6.54 Å². The zero-order valence-electron chi connectivity index (χ0n) is 18.8. The number of ether oxygens (including phenoxy) is 3. The van der Waals surface area contributed by atoms with Crippen molar-refractivity contribution in [2.24, 2.45) is 5.73 Å². The molecule has 0 fully saturated rings. The first-order chi connectivity index (χ1) is 15.9. The summed E-state index contributed by atoms with van der Waals surface area (Å²) in [5, 5.41) is 2.94. The van der Waals surface area contributed by atoms with Gasteiger partial charge in [0, 0.05) is 17.7 Å². The fourth-order valence-electron chi connectivity index (χ4n) is 3.22. The highest BCUT2D eigenvalue weighted by Crippen LogP contribution is 2.30. The van der Waals surface area contributed by atoms with Crippen molar-refractivity contribution in [3.63, 3.8) is 0 Å². The number of methoxy groups -OCH3 is 3. The number of primary amides is 1. The van der Waals surface area contributed by atoms with Crippen molar-refractivity contribution in [1.29, 1.82) is 0 Å². The minimum Gasteiger partial charge on any atom is -0.497 e. The number of carbonyl (C=O) groups is 2. The first-order valence-corrected chi connectivity index (χ1v) is 10.2. The molecule has 0 aliphatic rings. The average Bonchev–Trinajstić information content (AvgIpc) is 2.86. The van der Waals surface area contributed by atoms with Crippen LogP contribution in [0.5, 0.6) is 17.2 Å². The van der Waals surface area contributed by atoms with E-state index in [4.69, 9.17) is 19.9 Å². The molecule has 170 valence electrons. The molecule has 0 aromatic heterocycles. The normalized spacial score (nSPS) is 10.9. The molecule has 3 aromatic carbocycles. The van der Waals surface area contributed by atoms with Crippen LogP contribution in [0.1, 0.15) is 27.0 Å². The molecule has 0 unspecified atom stereocenters. The van der Waals surface area contributed by atoms with Crippen molar-refractivity contribution in [1.82, 2.24) is 5.32 Å². The van der Waals surface area contributed by atoms with Gasteiger partial charge in [-0.2, -0.15) is 0 Å². The third-order valence-electron chi connectivity index (χ3n) is 5.06. The Morgan fingerprint density at radius 1 is 0.818 bits per heavy atom. The zero-order valence-corrected chi connectivity index (χ0v) is 18.8. The second-order valence-electron chi connectivity index (χ2n) is 7.14. The number of rotatable bonds is 9. The number of benzene rings is 3. The van der Waals surface area contributed by atoms with Crippen LogP contribution in [0.4, 0.5) is 0 Å². The third-order valence-corrected chi connectivity index (χ3v) is 5.06. The van der Waals surface area contributed by atoms with E-state index in [0.717, 1.165) is 16.7 Å². The van der Waals surface area contributed by atoms with Crippen molar-refractivity contribution in [3.05, 3.63) is 89.0 Å². The van der Waals surface area contributed by atoms with Gasteiger partial charge in [-0.05, 0) is 59.2 Å². The minimum atomic E-state index is -0.495. The van der Waals surface area contributed by atoms with Gasteiger partial charge in [-0.1, -0.05) is 30.3 Å². The van der Waals surface area contributed by atoms with Crippen LogP contribution in [0.25, 0.3) is 11.6 Å². The van der Waals surface area contributed by atoms with E-state index in [1.807, 2.05) is 18.2 Å². The Hall–Kier alpha value is -4.26. The standard InChI is InChI=1S/C26H26N2O5/c1-31-21-11-9-19(10-12-21)22(14-18-6-13-23(32-2)24(15-18)33-3)26(30)28-16-17-4-7-20(8-5-17)25(27)29/h4-15H,16H2,1-3H3,(H2,27,29)(H,28,30)/b22-14+. The van der Waals surface area contributed by atoms with Gasteiger partial charge in [-0.15, -0.1) is 0 Å². The second-order valence-corrected chi connectivity index (χ2v) is 7.14. The number of hydrogen-bond donors (Lipinski definition) is 2. The minimum absolute atomic E-state index is 0.256. The van der Waals surface area contributed by atoms with Crippen LogP contribution in [0.2, 0.25) is 0 Å². The van der Waals surface area contributed by atoms with E-state index in [-0.39, 0.29) is 12.5 Å². The number of amides is 2. The molecular weight excluding hydrogens is 420 g/mol. The van der Waals surface area contributed by atoms with E-state index in [0.29, 0.717) is 28.4 Å². The quantitative estimate of drug-likeness (QED) is 0.386. The van der Waals surface area contributed by atoms with E-state index in [1.54, 1.807) is 75.9 Å². The van der Waals surface area contributed by atoms with E-state index in [2.05, 4.69) is 5.32 Å². The molecule has 0 aliphatic heterocycles. The Morgan fingerprint density at radius 3 is 2.03 bits per heavy atom. The summed E-state index contributed by atoms with van der Waals surface area (Å²) in [6.07, 6.45) is 1.79. The highest BCUT2D eigenvalue weighted by molar-refractivity contribution is 6.24. The lowest BCUT2D eigenvalue weighted by atomic mass is 10.0. The van der Waals surface area contributed by atoms with Gasteiger partial charge < -0.3 is 25.3 Å². The smallest absolute Gasteiger partial charge is 0.252 e. The van der Waals surface area contributed by atoms with Gasteiger partial charge in [0.15, 0.2) is 11.5 Å². The van der Waals surface area contributed by atoms with Gasteiger partial charge in [-0.25, -0.2) is 0 Å². The Labute approximate surface area is 192 Å². The maximum Gasteiger partial charge on any atom is 0.252 e. The van der Waals surface area contributed by atoms with Crippen LogP contribution in [0, 0.1) is 0 Å². The Kier molecular flexibility index (Phi) is 7.70. The monoisotopic (exact) mass is 446 g/mol. The lowest BCUT2D eigenvalue weighted by Gasteiger charge is -2.12. The molecule has 0 atom stereocenters. The summed E-state index contributed by atoms with van der Waals surface area (Å²) in [6, 6.07) is 19.5. The fourth-order valence-corrected chi connectivity index (χ4v) is 3.22. The Bertz CT molecular complexity index is 1150. The predicted octanol–water partition coefficient (Wildman–Crippen LogP) is 3.67. The number of nitrogens with one attached hydrogen (secondary N) is 1. The topological polar surface area (TPSA) is 99.9 Å². The largest absolute Gasteiger partial charge is 0.497 e. The molecule has 2 amide bonds. The van der Waals surface area contributed by atoms with Crippen molar-refractivity contribution >= 4 is 23.5 Å². The van der Waals surface area contributed by atoms with Gasteiger partial charge in [0.25, 0.3) is 5.91 Å². The summed E-state index contributed by atoms with van der Waals surface area (Å²) < 4.78 is 15.9. The molecule has 33 heavy (non-hydrogen) atoms. The van der Waals surface area contributed by atoms with Crippen molar-refractivity contribution in [3.8, 4) is 17.2 Å². The van der Waals surface area contributed by atoms with Crippen molar-refractivity contribution < 1.29 is 23.8 Å². The molecule has 3 rings (SSSR count). The molecule has 7 nitrogen and oxygen atoms in total. The van der Waals surface area contributed by atoms with Crippen LogP contribution < -0.4 is 25.3 Å². The predicted molar refractivity (Wildman–Crippen MR) is 127 cm³/mol. The van der Waals surface area contributed by atoms with Crippen LogP contribution >= 0.6 is 0 Å². The fraction of sp³-hybridized carbons (Fsp3) is 0.154. The molecule has 0 saturated heterocycles. The van der Waals surface area contributed by atoms with E-state index < -0.39 is 5.91 Å². The van der Waals surface area contributed by atoms with Gasteiger partial charge in [0.05, 0.1) is 21.3 Å². The molecule has 0 bridgehead atoms. The Balaban J connectivity index is 1.90. The molecule has 0 radical (unpaired) electrons. The van der Waals surface area contributed by atoms with E-state index in [1.165, 1.54) is 0 Å². The highest BCUT2D eigenvalue weighted by atomic mass is 16.5. The summed E-state index contributed by atoms with van der Waals surface area (Å²) in [6.45, 7) is 0.289. The lowest BCUT2D eigenvalue weighted by molar-refractivity contribution is -0.115. The molecule has 0 aliphatic carbocycles. The van der Waals surface area contributed by atoms with Gasteiger partial charge in [-0.3, -0.25) is 9.59 Å². The summed E-state index contributed by atoms with van der Waals surface area (Å²) in [7, 11) is 4.72. The third kappa shape index (κ3) is 5.92. The molecule has 7 heteroatoms. The van der Waals surface area contributed by atoms with E-state index in [9.17, 15) is 9.59 Å². The van der Waals surface area contributed by atoms with Crippen molar-refractivity contribution in [2.75, 3.05) is 21.3 Å². The second kappa shape index (κ2) is 10.9. The lowest BCUT2D eigenvalue weighted by Crippen LogP contribution is -2.24. The van der Waals surface area contributed by atoms with Gasteiger partial charge in [0.2, 0.25) is 5.91 Å². The first-order valence-electron chi connectivity index (χ1n) is 10.2. The summed E-state index contributed by atoms with van der Waals surface area (Å²) in [5.41, 5.74) is 8.51. The van der Waals surface area contributed by atoms with Crippen LogP contribution in [0.3, 0.4) is 0 Å². The van der Waals surface area contributed by atoms with Gasteiger partial charge in [0.1, 0.15) is 5.75 Å². The molecule has 3 aromatic rings.